The molecule has 1 fully saturated rings. The van der Waals surface area contributed by atoms with Crippen LogP contribution in [0.3, 0.4) is 0 Å². The van der Waals surface area contributed by atoms with Gasteiger partial charge in [0.1, 0.15) is 30.1 Å². The molecule has 2 heterocycles. The van der Waals surface area contributed by atoms with E-state index >= 15 is 0 Å². The molecule has 1 aromatic heterocycles. The zero-order chi connectivity index (χ0) is 36.3. The third kappa shape index (κ3) is 9.40. The maximum absolute atomic E-state index is 14.4. The number of amides is 4. The molecule has 0 unspecified atom stereocenters. The van der Waals surface area contributed by atoms with Crippen molar-refractivity contribution in [2.45, 2.75) is 76.9 Å². The number of hydrogen-bond acceptors (Lipinski definition) is 8. The van der Waals surface area contributed by atoms with Crippen LogP contribution < -0.4 is 16.0 Å². The molecule has 1 saturated heterocycles. The smallest absolute Gasteiger partial charge is 0.272 e. The molecule has 5 atom stereocenters. The largest absolute Gasteiger partial charge is 0.372 e. The molecule has 51 heavy (non-hydrogen) atoms. The van der Waals surface area contributed by atoms with E-state index in [0.29, 0.717) is 19.3 Å². The van der Waals surface area contributed by atoms with Crippen LogP contribution in [0.25, 0.3) is 10.8 Å². The first-order chi connectivity index (χ1) is 24.7. The summed E-state index contributed by atoms with van der Waals surface area (Å²) in [4.78, 5) is 76.4. The van der Waals surface area contributed by atoms with Crippen LogP contribution in [0, 0.1) is 5.92 Å². The summed E-state index contributed by atoms with van der Waals surface area (Å²) >= 11 is 0. The number of nitrogens with zero attached hydrogens (tertiary/aromatic N) is 3. The normalized spacial score (nSPS) is 17.4. The summed E-state index contributed by atoms with van der Waals surface area (Å²) < 4.78 is 6.17. The van der Waals surface area contributed by atoms with Crippen LogP contribution in [0.5, 0.6) is 0 Å². The predicted octanol–water partition coefficient (Wildman–Crippen LogP) is 3.39. The van der Waals surface area contributed by atoms with E-state index in [9.17, 15) is 24.0 Å². The second-order valence-corrected chi connectivity index (χ2v) is 13.0. The average Bonchev–Trinajstić information content (AvgIpc) is 3.60. The number of carbonyl (C=O) groups is 5. The van der Waals surface area contributed by atoms with Crippen molar-refractivity contribution in [1.29, 1.82) is 0 Å². The lowest BCUT2D eigenvalue weighted by Gasteiger charge is -2.31. The quantitative estimate of drug-likeness (QED) is 0.160. The Morgan fingerprint density at radius 1 is 0.941 bits per heavy atom. The highest BCUT2D eigenvalue weighted by Gasteiger charge is 2.44. The van der Waals surface area contributed by atoms with Gasteiger partial charge in [0, 0.05) is 31.8 Å². The zero-order valence-corrected chi connectivity index (χ0v) is 29.0. The van der Waals surface area contributed by atoms with Crippen molar-refractivity contribution >= 4 is 40.7 Å². The van der Waals surface area contributed by atoms with Crippen molar-refractivity contribution < 1.29 is 28.7 Å². The van der Waals surface area contributed by atoms with E-state index in [2.05, 4.69) is 25.9 Å². The van der Waals surface area contributed by atoms with Gasteiger partial charge in [0.05, 0.1) is 24.9 Å². The zero-order valence-electron chi connectivity index (χ0n) is 29.0. The second kappa shape index (κ2) is 17.4. The van der Waals surface area contributed by atoms with Gasteiger partial charge in [0.25, 0.3) is 5.91 Å². The minimum Gasteiger partial charge on any atom is -0.372 e. The molecular weight excluding hydrogens is 648 g/mol. The van der Waals surface area contributed by atoms with Crippen molar-refractivity contribution in [3.63, 3.8) is 0 Å². The van der Waals surface area contributed by atoms with Crippen LogP contribution in [0.4, 0.5) is 0 Å². The highest BCUT2D eigenvalue weighted by atomic mass is 16.5. The molecule has 0 bridgehead atoms. The summed E-state index contributed by atoms with van der Waals surface area (Å²) in [6.07, 6.45) is 5.10. The van der Waals surface area contributed by atoms with Crippen molar-refractivity contribution in [2.75, 3.05) is 6.54 Å². The number of benzene rings is 3. The van der Waals surface area contributed by atoms with E-state index in [1.807, 2.05) is 72.8 Å². The fraction of sp³-hybridized carbons (Fsp3) is 0.359. The molecule has 4 amide bonds. The van der Waals surface area contributed by atoms with E-state index in [-0.39, 0.29) is 31.0 Å². The van der Waals surface area contributed by atoms with Gasteiger partial charge in [-0.25, -0.2) is 4.98 Å². The van der Waals surface area contributed by atoms with Gasteiger partial charge in [0.2, 0.25) is 17.7 Å². The number of fused-ring (bicyclic) bond motifs is 1. The van der Waals surface area contributed by atoms with Crippen LogP contribution in [0.1, 0.15) is 55.2 Å². The molecular formula is C39H44N6O6. The number of carbonyl (C=O) groups excluding carboxylic acids is 5. The SMILES string of the molecule is CC[C@@H](C=O)NC(=O)[C@@H]1C[C@@H](OCc2ccccc2)CN1C(=O)[C@@H](NC(=O)[C@H](Cc1cccc2ccccc12)NC(=O)c1cnccn1)C(C)C. The number of likely N-dealkylation sites (tertiary alicyclic amines) is 1. The summed E-state index contributed by atoms with van der Waals surface area (Å²) in [6, 6.07) is 19.3. The van der Waals surface area contributed by atoms with Crippen LogP contribution >= 0.6 is 0 Å². The number of aldehydes is 1. The van der Waals surface area contributed by atoms with Crippen LogP contribution in [0.15, 0.2) is 91.4 Å². The van der Waals surface area contributed by atoms with Gasteiger partial charge in [-0.3, -0.25) is 24.2 Å². The Labute approximate surface area is 297 Å². The maximum Gasteiger partial charge on any atom is 0.272 e. The summed E-state index contributed by atoms with van der Waals surface area (Å²) in [7, 11) is 0. The van der Waals surface area contributed by atoms with Crippen molar-refractivity contribution in [1.82, 2.24) is 30.8 Å². The molecule has 12 nitrogen and oxygen atoms in total. The first-order valence-corrected chi connectivity index (χ1v) is 17.2. The van der Waals surface area contributed by atoms with Gasteiger partial charge in [-0.15, -0.1) is 0 Å². The highest BCUT2D eigenvalue weighted by Crippen LogP contribution is 2.25. The van der Waals surface area contributed by atoms with Gasteiger partial charge < -0.3 is 30.4 Å². The molecule has 0 aliphatic carbocycles. The van der Waals surface area contributed by atoms with Crippen LogP contribution in [-0.4, -0.2) is 81.6 Å². The topological polar surface area (TPSA) is 160 Å². The first-order valence-electron chi connectivity index (χ1n) is 17.2. The molecule has 3 N–H and O–H groups in total. The Hall–Kier alpha value is -5.49. The molecule has 0 saturated carbocycles. The summed E-state index contributed by atoms with van der Waals surface area (Å²) in [6.45, 7) is 5.79. The average molecular weight is 693 g/mol. The number of nitrogens with one attached hydrogen (secondary N) is 3. The molecule has 4 aromatic rings. The lowest BCUT2D eigenvalue weighted by Crippen LogP contribution is -2.59. The Balaban J connectivity index is 1.39. The Kier molecular flexibility index (Phi) is 12.6. The number of rotatable bonds is 15. The van der Waals surface area contributed by atoms with Gasteiger partial charge >= 0.3 is 0 Å². The molecule has 266 valence electrons. The lowest BCUT2D eigenvalue weighted by molar-refractivity contribution is -0.143. The van der Waals surface area contributed by atoms with E-state index in [1.165, 1.54) is 23.5 Å². The fourth-order valence-electron chi connectivity index (χ4n) is 6.20. The first kappa shape index (κ1) is 36.8. The predicted molar refractivity (Wildman–Crippen MR) is 191 cm³/mol. The van der Waals surface area contributed by atoms with Gasteiger partial charge in [-0.1, -0.05) is 93.6 Å². The Morgan fingerprint density at radius 3 is 2.39 bits per heavy atom. The third-order valence-corrected chi connectivity index (χ3v) is 9.06. The molecule has 5 rings (SSSR count). The molecule has 0 spiro atoms. The molecule has 12 heteroatoms. The van der Waals surface area contributed by atoms with Gasteiger partial charge in [-0.05, 0) is 34.2 Å². The van der Waals surface area contributed by atoms with Crippen molar-refractivity contribution in [3.8, 4) is 0 Å². The van der Waals surface area contributed by atoms with Crippen molar-refractivity contribution in [3.05, 3.63) is 108 Å². The molecule has 1 aliphatic heterocycles. The van der Waals surface area contributed by atoms with Crippen LogP contribution in [-0.2, 0) is 36.9 Å². The summed E-state index contributed by atoms with van der Waals surface area (Å²) in [5.74, 6) is -2.48. The van der Waals surface area contributed by atoms with Gasteiger partial charge in [0.15, 0.2) is 0 Å². The molecule has 3 aromatic carbocycles. The van der Waals surface area contributed by atoms with E-state index in [4.69, 9.17) is 4.74 Å². The highest BCUT2D eigenvalue weighted by molar-refractivity contribution is 5.98. The fourth-order valence-corrected chi connectivity index (χ4v) is 6.20. The van der Waals surface area contributed by atoms with Crippen LogP contribution in [0.2, 0.25) is 0 Å². The standard InChI is InChI=1S/C39H44N6O6/c1-4-29(23-46)42-38(49)34-20-30(51-24-26-11-6-5-7-12-26)22-45(34)39(50)35(25(2)3)44-36(47)32(43-37(48)33-21-40-17-18-41-33)19-28-15-10-14-27-13-8-9-16-31(27)28/h5-18,21,23,25,29-30,32,34-35H,4,19-20,22,24H2,1-3H3,(H,42,49)(H,43,48)(H,44,47)/t29-,30+,32-,34-,35-/m0/s1. The summed E-state index contributed by atoms with van der Waals surface area (Å²) in [5.41, 5.74) is 1.82. The monoisotopic (exact) mass is 692 g/mol. The third-order valence-electron chi connectivity index (χ3n) is 9.06. The van der Waals surface area contributed by atoms with E-state index in [1.54, 1.807) is 20.8 Å². The summed E-state index contributed by atoms with van der Waals surface area (Å²) in [5, 5.41) is 10.4. The maximum atomic E-state index is 14.4. The Morgan fingerprint density at radius 2 is 1.69 bits per heavy atom. The number of hydrogen-bond donors (Lipinski definition) is 3. The van der Waals surface area contributed by atoms with E-state index in [0.717, 1.165) is 21.9 Å². The van der Waals surface area contributed by atoms with Crippen molar-refractivity contribution in [2.24, 2.45) is 5.92 Å². The van der Waals surface area contributed by atoms with E-state index < -0.39 is 53.9 Å². The second-order valence-electron chi connectivity index (χ2n) is 13.0. The molecule has 0 radical (unpaired) electrons. The minimum atomic E-state index is -1.09. The van der Waals surface area contributed by atoms with Gasteiger partial charge in [-0.2, -0.15) is 0 Å². The lowest BCUT2D eigenvalue weighted by atomic mass is 9.97. The number of ether oxygens (including phenoxy) is 1. The number of aromatic nitrogens is 2. The Bertz CT molecular complexity index is 1820. The molecule has 1 aliphatic rings. The minimum absolute atomic E-state index is 0.0397.